The maximum absolute atomic E-state index is 13.1. The number of nitrogens with zero attached hydrogens (tertiary/aromatic N) is 1. The molecule has 2 aliphatic rings. The van der Waals surface area contributed by atoms with Gasteiger partial charge in [-0.05, 0) is 38.0 Å². The number of ether oxygens (including phenoxy) is 2. The summed E-state index contributed by atoms with van der Waals surface area (Å²) < 4.78 is 13.4. The predicted octanol–water partition coefficient (Wildman–Crippen LogP) is 2.74. The minimum atomic E-state index is -0.756. The van der Waals surface area contributed by atoms with E-state index in [1.165, 1.54) is 10.9 Å². The molecule has 7 heteroatoms. The van der Waals surface area contributed by atoms with Crippen LogP contribution < -0.4 is 5.56 Å². The van der Waals surface area contributed by atoms with Gasteiger partial charge in [0.15, 0.2) is 11.6 Å². The van der Waals surface area contributed by atoms with E-state index in [1.807, 2.05) is 26.8 Å². The Bertz CT molecular complexity index is 938. The van der Waals surface area contributed by atoms with Gasteiger partial charge in [-0.2, -0.15) is 0 Å². The van der Waals surface area contributed by atoms with Crippen molar-refractivity contribution in [1.29, 1.82) is 0 Å². The lowest BCUT2D eigenvalue weighted by molar-refractivity contribution is -0.170. The van der Waals surface area contributed by atoms with Crippen LogP contribution >= 0.6 is 11.8 Å². The van der Waals surface area contributed by atoms with Crippen LogP contribution in [0, 0.1) is 13.8 Å². The first-order valence-electron chi connectivity index (χ1n) is 8.87. The van der Waals surface area contributed by atoms with E-state index in [-0.39, 0.29) is 16.9 Å². The summed E-state index contributed by atoms with van der Waals surface area (Å²) >= 11 is 1.77. The first kappa shape index (κ1) is 17.6. The minimum absolute atomic E-state index is 0.167. The standard InChI is InChI=1S/C19H22N2O4S/c1-4-21-18(23)14(10-20-21)16(22)13-9-11(2)17-15(12(13)3)19(5-8-26-17)24-6-7-25-19/h9-10,20H,4-8H2,1-3H3. The van der Waals surface area contributed by atoms with Crippen molar-refractivity contribution >= 4 is 17.5 Å². The van der Waals surface area contributed by atoms with Gasteiger partial charge in [0, 0.05) is 40.9 Å². The van der Waals surface area contributed by atoms with Gasteiger partial charge in [-0.3, -0.25) is 14.3 Å². The molecule has 1 aromatic heterocycles. The minimum Gasteiger partial charge on any atom is -0.343 e. The van der Waals surface area contributed by atoms with Gasteiger partial charge in [-0.1, -0.05) is 0 Å². The summed E-state index contributed by atoms with van der Waals surface area (Å²) in [4.78, 5) is 26.7. The number of benzene rings is 1. The van der Waals surface area contributed by atoms with Gasteiger partial charge >= 0.3 is 0 Å². The van der Waals surface area contributed by atoms with E-state index < -0.39 is 5.79 Å². The van der Waals surface area contributed by atoms with Crippen molar-refractivity contribution in [2.24, 2.45) is 0 Å². The average molecular weight is 374 g/mol. The van der Waals surface area contributed by atoms with E-state index in [9.17, 15) is 9.59 Å². The molecule has 26 heavy (non-hydrogen) atoms. The number of aromatic amines is 1. The van der Waals surface area contributed by atoms with Gasteiger partial charge in [0.2, 0.25) is 0 Å². The van der Waals surface area contributed by atoms with E-state index in [4.69, 9.17) is 9.47 Å². The zero-order valence-electron chi connectivity index (χ0n) is 15.2. The van der Waals surface area contributed by atoms with Gasteiger partial charge in [0.05, 0.1) is 13.2 Å². The summed E-state index contributed by atoms with van der Waals surface area (Å²) in [7, 11) is 0. The molecule has 6 nitrogen and oxygen atoms in total. The van der Waals surface area contributed by atoms with Crippen LogP contribution in [0.4, 0.5) is 0 Å². The Hall–Kier alpha value is -1.83. The van der Waals surface area contributed by atoms with E-state index in [1.54, 1.807) is 11.8 Å². The Morgan fingerprint density at radius 3 is 2.69 bits per heavy atom. The van der Waals surface area contributed by atoms with Crippen LogP contribution in [0.15, 0.2) is 22.0 Å². The number of H-pyrrole nitrogens is 1. The summed E-state index contributed by atoms with van der Waals surface area (Å²) in [5.41, 5.74) is 3.24. The number of hydrogen-bond acceptors (Lipinski definition) is 5. The lowest BCUT2D eigenvalue weighted by atomic mass is 9.89. The maximum Gasteiger partial charge on any atom is 0.277 e. The number of carbonyl (C=O) groups excluding carboxylic acids is 1. The zero-order valence-corrected chi connectivity index (χ0v) is 16.0. The Labute approximate surface area is 155 Å². The highest BCUT2D eigenvalue weighted by molar-refractivity contribution is 7.99. The summed E-state index contributed by atoms with van der Waals surface area (Å²) in [6.07, 6.45) is 2.25. The highest BCUT2D eigenvalue weighted by atomic mass is 32.2. The first-order valence-corrected chi connectivity index (χ1v) is 9.85. The van der Waals surface area contributed by atoms with E-state index in [0.29, 0.717) is 25.3 Å². The fraction of sp³-hybridized carbons (Fsp3) is 0.474. The van der Waals surface area contributed by atoms with Gasteiger partial charge in [0.1, 0.15) is 5.56 Å². The van der Waals surface area contributed by atoms with Gasteiger partial charge < -0.3 is 14.6 Å². The van der Waals surface area contributed by atoms with Crippen molar-refractivity contribution < 1.29 is 14.3 Å². The number of ketones is 1. The molecule has 0 amide bonds. The summed E-state index contributed by atoms with van der Waals surface area (Å²) in [6.45, 7) is 7.39. The monoisotopic (exact) mass is 374 g/mol. The molecule has 3 heterocycles. The van der Waals surface area contributed by atoms with Crippen LogP contribution in [0.1, 0.15) is 46.0 Å². The molecule has 0 aliphatic carbocycles. The van der Waals surface area contributed by atoms with Crippen molar-refractivity contribution in [1.82, 2.24) is 9.78 Å². The largest absolute Gasteiger partial charge is 0.343 e. The topological polar surface area (TPSA) is 73.3 Å². The summed E-state index contributed by atoms with van der Waals surface area (Å²) in [5, 5.41) is 2.85. The first-order chi connectivity index (χ1) is 12.5. The molecular weight excluding hydrogens is 352 g/mol. The molecule has 0 radical (unpaired) electrons. The van der Waals surface area contributed by atoms with Crippen LogP contribution in [-0.2, 0) is 21.8 Å². The van der Waals surface area contributed by atoms with Crippen LogP contribution in [0.5, 0.6) is 0 Å². The fourth-order valence-corrected chi connectivity index (χ4v) is 5.19. The van der Waals surface area contributed by atoms with E-state index >= 15 is 0 Å². The number of nitrogens with one attached hydrogen (secondary N) is 1. The molecule has 0 unspecified atom stereocenters. The second kappa shape index (κ2) is 6.40. The molecule has 0 saturated carbocycles. The molecule has 0 bridgehead atoms. The molecule has 2 aromatic rings. The van der Waals surface area contributed by atoms with Crippen molar-refractivity contribution in [2.75, 3.05) is 19.0 Å². The highest BCUT2D eigenvalue weighted by Gasteiger charge is 2.45. The molecule has 138 valence electrons. The van der Waals surface area contributed by atoms with Crippen LogP contribution in [-0.4, -0.2) is 34.5 Å². The lowest BCUT2D eigenvalue weighted by Crippen LogP contribution is -2.33. The Balaban J connectivity index is 1.88. The van der Waals surface area contributed by atoms with E-state index in [2.05, 4.69) is 5.10 Å². The summed E-state index contributed by atoms with van der Waals surface area (Å²) in [5.74, 6) is -0.0989. The molecule has 1 N–H and O–H groups in total. The molecule has 0 atom stereocenters. The number of hydrogen-bond donors (Lipinski definition) is 1. The number of aryl methyl sites for hydroxylation is 2. The second-order valence-corrected chi connectivity index (χ2v) is 7.79. The number of thioether (sulfide) groups is 1. The molecule has 1 saturated heterocycles. The number of carbonyl (C=O) groups is 1. The quantitative estimate of drug-likeness (QED) is 0.837. The average Bonchev–Trinajstić information content (AvgIpc) is 3.24. The van der Waals surface area contributed by atoms with Crippen molar-refractivity contribution in [3.05, 3.63) is 50.4 Å². The van der Waals surface area contributed by atoms with Crippen molar-refractivity contribution in [2.45, 2.75) is 44.4 Å². The normalized spacial score (nSPS) is 18.3. The Morgan fingerprint density at radius 1 is 1.31 bits per heavy atom. The van der Waals surface area contributed by atoms with Gasteiger partial charge in [0.25, 0.3) is 5.56 Å². The molecule has 1 spiro atoms. The number of rotatable bonds is 3. The predicted molar refractivity (Wildman–Crippen MR) is 99.0 cm³/mol. The third-order valence-corrected chi connectivity index (χ3v) is 6.41. The Kier molecular flexibility index (Phi) is 4.33. The van der Waals surface area contributed by atoms with Crippen LogP contribution in [0.25, 0.3) is 0 Å². The third kappa shape index (κ3) is 2.49. The smallest absolute Gasteiger partial charge is 0.277 e. The van der Waals surface area contributed by atoms with Gasteiger partial charge in [-0.25, -0.2) is 0 Å². The second-order valence-electron chi connectivity index (χ2n) is 6.68. The molecule has 4 rings (SSSR count). The fourth-order valence-electron chi connectivity index (χ4n) is 3.88. The highest BCUT2D eigenvalue weighted by Crippen LogP contribution is 2.49. The summed E-state index contributed by atoms with van der Waals surface area (Å²) in [6, 6.07) is 1.89. The van der Waals surface area contributed by atoms with Gasteiger partial charge in [-0.15, -0.1) is 11.8 Å². The number of aromatic nitrogens is 2. The molecule has 2 aliphatic heterocycles. The Morgan fingerprint density at radius 2 is 2.04 bits per heavy atom. The SMILES string of the molecule is CCn1[nH]cc(C(=O)c2cc(C)c3c(c2C)C2(CCS3)OCCO2)c1=O. The molecule has 1 aromatic carbocycles. The van der Waals surface area contributed by atoms with Crippen molar-refractivity contribution in [3.8, 4) is 0 Å². The molecule has 1 fully saturated rings. The molecular formula is C19H22N2O4S. The maximum atomic E-state index is 13.1. The van der Waals surface area contributed by atoms with Crippen LogP contribution in [0.2, 0.25) is 0 Å². The third-order valence-electron chi connectivity index (χ3n) is 5.18. The van der Waals surface area contributed by atoms with Crippen LogP contribution in [0.3, 0.4) is 0 Å². The van der Waals surface area contributed by atoms with E-state index in [0.717, 1.165) is 33.8 Å². The van der Waals surface area contributed by atoms with Crippen molar-refractivity contribution in [3.63, 3.8) is 0 Å². The number of fused-ring (bicyclic) bond motifs is 2. The zero-order chi connectivity index (χ0) is 18.5. The lowest BCUT2D eigenvalue weighted by Gasteiger charge is -2.36.